The molecule has 0 radical (unpaired) electrons. The summed E-state index contributed by atoms with van der Waals surface area (Å²) in [6.07, 6.45) is 0. The molecule has 1 aromatic carbocycles. The number of hydrogen-bond donors (Lipinski definition) is 0. The zero-order valence-corrected chi connectivity index (χ0v) is 19.7. The normalized spacial score (nSPS) is 14.5. The zero-order chi connectivity index (χ0) is 20.9. The minimum atomic E-state index is -5.73. The van der Waals surface area contributed by atoms with Crippen molar-refractivity contribution in [2.24, 2.45) is 0 Å². The van der Waals surface area contributed by atoms with E-state index in [1.54, 1.807) is 13.0 Å². The van der Waals surface area contributed by atoms with Crippen molar-refractivity contribution in [3.05, 3.63) is 17.7 Å². The molecule has 9 heteroatoms. The fourth-order valence-corrected chi connectivity index (χ4v) is 7.44. The Morgan fingerprint density at radius 2 is 1.42 bits per heavy atom. The van der Waals surface area contributed by atoms with Crippen molar-refractivity contribution in [1.82, 2.24) is 0 Å². The van der Waals surface area contributed by atoms with E-state index in [9.17, 15) is 21.6 Å². The molecule has 0 aliphatic rings. The first kappa shape index (κ1) is 23.2. The van der Waals surface area contributed by atoms with Gasteiger partial charge in [-0.2, -0.15) is 21.6 Å². The minimum absolute atomic E-state index is 0.0897. The van der Waals surface area contributed by atoms with Crippen molar-refractivity contribution in [2.45, 2.75) is 71.0 Å². The number of benzene rings is 1. The van der Waals surface area contributed by atoms with Crippen LogP contribution in [0.15, 0.2) is 12.1 Å². The van der Waals surface area contributed by atoms with Crippen LogP contribution in [-0.2, 0) is 10.1 Å². The molecule has 0 atom stereocenters. The molecule has 0 unspecified atom stereocenters. The molecule has 0 saturated heterocycles. The van der Waals surface area contributed by atoms with Crippen LogP contribution in [-0.4, -0.2) is 30.1 Å². The van der Waals surface area contributed by atoms with Gasteiger partial charge in [-0.05, 0) is 27.9 Å². The molecule has 1 rings (SSSR count). The number of aryl methyl sites for hydroxylation is 1. The number of hydrogen-bond acceptors (Lipinski definition) is 3. The van der Waals surface area contributed by atoms with Crippen LogP contribution in [0, 0.1) is 6.92 Å². The molecule has 150 valence electrons. The predicted molar refractivity (Wildman–Crippen MR) is 107 cm³/mol. The van der Waals surface area contributed by atoms with Crippen LogP contribution in [0.3, 0.4) is 0 Å². The summed E-state index contributed by atoms with van der Waals surface area (Å²) in [6, 6.07) is 3.59. The molecule has 0 aromatic heterocycles. The van der Waals surface area contributed by atoms with Crippen LogP contribution in [0.2, 0.25) is 37.8 Å². The molecule has 0 bridgehead atoms. The lowest BCUT2D eigenvalue weighted by molar-refractivity contribution is -0.0499. The molecule has 0 aliphatic heterocycles. The first-order valence-electron chi connectivity index (χ1n) is 8.39. The molecule has 0 aliphatic carbocycles. The monoisotopic (exact) mass is 426 g/mol. The first-order chi connectivity index (χ1) is 11.2. The van der Waals surface area contributed by atoms with Gasteiger partial charge < -0.3 is 4.18 Å². The third kappa shape index (κ3) is 4.36. The molecule has 0 N–H and O–H groups in total. The molecule has 0 heterocycles. The largest absolute Gasteiger partial charge is 0.534 e. The Morgan fingerprint density at radius 1 is 0.962 bits per heavy atom. The quantitative estimate of drug-likeness (QED) is 0.405. The van der Waals surface area contributed by atoms with E-state index in [0.29, 0.717) is 10.4 Å². The van der Waals surface area contributed by atoms with Gasteiger partial charge in [-0.1, -0.05) is 65.6 Å². The lowest BCUT2D eigenvalue weighted by atomic mass is 10.2. The van der Waals surface area contributed by atoms with Gasteiger partial charge in [-0.25, -0.2) is 0 Å². The van der Waals surface area contributed by atoms with E-state index in [2.05, 4.69) is 0 Å². The highest BCUT2D eigenvalue weighted by atomic mass is 32.2. The van der Waals surface area contributed by atoms with Crippen molar-refractivity contribution in [3.8, 4) is 5.75 Å². The Labute approximate surface area is 157 Å². The van der Waals surface area contributed by atoms with Gasteiger partial charge in [0.1, 0.15) is 5.75 Å². The average Bonchev–Trinajstić information content (AvgIpc) is 2.33. The van der Waals surface area contributed by atoms with Gasteiger partial charge in [-0.3, -0.25) is 0 Å². The lowest BCUT2D eigenvalue weighted by Gasteiger charge is -2.40. The maximum atomic E-state index is 13.0. The van der Waals surface area contributed by atoms with Crippen molar-refractivity contribution in [2.75, 3.05) is 0 Å². The summed E-state index contributed by atoms with van der Waals surface area (Å²) in [6.45, 7) is 17.8. The number of rotatable bonds is 4. The Kier molecular flexibility index (Phi) is 5.95. The van der Waals surface area contributed by atoms with Gasteiger partial charge in [0.25, 0.3) is 0 Å². The van der Waals surface area contributed by atoms with Gasteiger partial charge in [0.15, 0.2) is 0 Å². The fourth-order valence-electron chi connectivity index (χ4n) is 2.67. The highest BCUT2D eigenvalue weighted by Gasteiger charge is 2.50. The number of alkyl halides is 3. The Balaban J connectivity index is 3.94. The van der Waals surface area contributed by atoms with Crippen LogP contribution < -0.4 is 14.6 Å². The first-order valence-corrected chi connectivity index (χ1v) is 16.3. The molecule has 0 fully saturated rings. The van der Waals surface area contributed by atoms with Crippen LogP contribution >= 0.6 is 0 Å². The van der Waals surface area contributed by atoms with Gasteiger partial charge in [0, 0.05) is 0 Å². The SMILES string of the molecule is Cc1ccc([Si](C)(C)C)c(OS(=O)(=O)C(F)(F)F)c1[Si](C)(C)C(C)(C)C. The van der Waals surface area contributed by atoms with Crippen molar-refractivity contribution < 1.29 is 25.8 Å². The number of halogens is 3. The molecule has 3 nitrogen and oxygen atoms in total. The molecule has 0 amide bonds. The maximum Gasteiger partial charge on any atom is 0.534 e. The van der Waals surface area contributed by atoms with E-state index in [4.69, 9.17) is 4.18 Å². The van der Waals surface area contributed by atoms with Gasteiger partial charge in [0.2, 0.25) is 0 Å². The predicted octanol–water partition coefficient (Wildman–Crippen LogP) is 4.48. The molecule has 1 aromatic rings. The fraction of sp³-hybridized carbons (Fsp3) is 0.647. The van der Waals surface area contributed by atoms with Crippen LogP contribution in [0.25, 0.3) is 0 Å². The van der Waals surface area contributed by atoms with Gasteiger partial charge >= 0.3 is 15.6 Å². The van der Waals surface area contributed by atoms with E-state index in [1.807, 2.05) is 59.6 Å². The molecule has 0 spiro atoms. The second-order valence-corrected chi connectivity index (χ2v) is 21.1. The van der Waals surface area contributed by atoms with E-state index < -0.39 is 31.8 Å². The van der Waals surface area contributed by atoms with Crippen molar-refractivity contribution in [1.29, 1.82) is 0 Å². The second-order valence-electron chi connectivity index (χ2n) is 9.24. The molecule has 26 heavy (non-hydrogen) atoms. The van der Waals surface area contributed by atoms with Crippen LogP contribution in [0.5, 0.6) is 5.75 Å². The summed E-state index contributed by atoms with van der Waals surface area (Å²) in [5.41, 5.74) is -4.69. The average molecular weight is 427 g/mol. The second kappa shape index (κ2) is 6.66. The summed E-state index contributed by atoms with van der Waals surface area (Å²) in [7, 11) is -10.3. The molecular weight excluding hydrogens is 397 g/mol. The summed E-state index contributed by atoms with van der Waals surface area (Å²) in [5.74, 6) is -0.0897. The third-order valence-corrected chi connectivity index (χ3v) is 13.7. The Bertz CT molecular complexity index is 787. The summed E-state index contributed by atoms with van der Waals surface area (Å²) < 4.78 is 67.5. The Hall–Kier alpha value is -0.806. The van der Waals surface area contributed by atoms with E-state index in [0.717, 1.165) is 5.56 Å². The summed E-state index contributed by atoms with van der Waals surface area (Å²) in [4.78, 5) is 0. The van der Waals surface area contributed by atoms with Crippen LogP contribution in [0.4, 0.5) is 13.2 Å². The van der Waals surface area contributed by atoms with Gasteiger partial charge in [0.05, 0.1) is 16.1 Å². The van der Waals surface area contributed by atoms with Crippen LogP contribution in [0.1, 0.15) is 26.3 Å². The summed E-state index contributed by atoms with van der Waals surface area (Å²) >= 11 is 0. The topological polar surface area (TPSA) is 43.4 Å². The summed E-state index contributed by atoms with van der Waals surface area (Å²) in [5, 5.41) is 1.05. The van der Waals surface area contributed by atoms with Crippen molar-refractivity contribution in [3.63, 3.8) is 0 Å². The van der Waals surface area contributed by atoms with E-state index >= 15 is 0 Å². The smallest absolute Gasteiger partial charge is 0.376 e. The van der Waals surface area contributed by atoms with Gasteiger partial charge in [-0.15, -0.1) is 0 Å². The third-order valence-electron chi connectivity index (χ3n) is 5.15. The van der Waals surface area contributed by atoms with E-state index in [-0.39, 0.29) is 10.8 Å². The van der Waals surface area contributed by atoms with E-state index in [1.165, 1.54) is 0 Å². The minimum Gasteiger partial charge on any atom is -0.376 e. The zero-order valence-electron chi connectivity index (χ0n) is 16.9. The highest BCUT2D eigenvalue weighted by Crippen LogP contribution is 2.39. The molecular formula is C17H29F3O3SSi2. The molecule has 0 saturated carbocycles. The maximum absolute atomic E-state index is 13.0. The Morgan fingerprint density at radius 3 is 1.77 bits per heavy atom. The van der Waals surface area contributed by atoms with Crippen molar-refractivity contribution >= 4 is 36.6 Å². The lowest BCUT2D eigenvalue weighted by Crippen LogP contribution is -2.54. The standard InChI is InChI=1S/C17H29F3O3SSi2/c1-12-10-11-13(25(5,6)7)14(23-24(21,22)17(18,19)20)15(12)26(8,9)16(2,3)4/h10-11H,1-9H3. The highest BCUT2D eigenvalue weighted by molar-refractivity contribution is 7.88.